The molecule has 1 aliphatic carbocycles. The summed E-state index contributed by atoms with van der Waals surface area (Å²) in [6.07, 6.45) is 6.89. The van der Waals surface area contributed by atoms with Gasteiger partial charge in [-0.3, -0.25) is 4.98 Å². The lowest BCUT2D eigenvalue weighted by Gasteiger charge is -2.36. The number of ether oxygens (including phenoxy) is 1. The molecular weight excluding hydrogens is 416 g/mol. The van der Waals surface area contributed by atoms with Gasteiger partial charge in [0.1, 0.15) is 23.7 Å². The molecule has 3 N–H and O–H groups in total. The van der Waals surface area contributed by atoms with Gasteiger partial charge in [-0.2, -0.15) is 5.26 Å². The maximum atomic E-state index is 9.56. The molecule has 1 fully saturated rings. The first-order valence-electron chi connectivity index (χ1n) is 11.0. The Morgan fingerprint density at radius 1 is 1.21 bits per heavy atom. The van der Waals surface area contributed by atoms with Crippen molar-refractivity contribution in [3.8, 4) is 11.8 Å². The Morgan fingerprint density at radius 3 is 2.88 bits per heavy atom. The Hall–Kier alpha value is -3.96. The second kappa shape index (κ2) is 8.88. The maximum Gasteiger partial charge on any atom is 0.141 e. The van der Waals surface area contributed by atoms with E-state index in [0.29, 0.717) is 24.4 Å². The summed E-state index contributed by atoms with van der Waals surface area (Å²) in [5.41, 5.74) is 4.87. The molecule has 0 spiro atoms. The molecule has 0 saturated carbocycles. The monoisotopic (exact) mass is 440 g/mol. The van der Waals surface area contributed by atoms with Gasteiger partial charge in [-0.15, -0.1) is 0 Å². The number of pyridine rings is 2. The topological polar surface area (TPSA) is 118 Å². The minimum Gasteiger partial charge on any atom is -0.484 e. The number of aromatic nitrogens is 2. The van der Waals surface area contributed by atoms with Crippen LogP contribution in [-0.2, 0) is 6.42 Å². The second-order valence-corrected chi connectivity index (χ2v) is 8.36. The van der Waals surface area contributed by atoms with Crippen molar-refractivity contribution < 1.29 is 9.84 Å². The summed E-state index contributed by atoms with van der Waals surface area (Å²) in [7, 11) is 0. The van der Waals surface area contributed by atoms with E-state index in [4.69, 9.17) is 15.4 Å². The number of aliphatic hydroxyl groups excluding tert-OH is 1. The summed E-state index contributed by atoms with van der Waals surface area (Å²) in [4.78, 5) is 10.9. The number of aryl methyl sites for hydroxylation is 1. The zero-order chi connectivity index (χ0) is 22.8. The minimum absolute atomic E-state index is 0.175. The number of nitrogens with zero attached hydrogens (tertiary/aromatic N) is 4. The van der Waals surface area contributed by atoms with Gasteiger partial charge >= 0.3 is 0 Å². The predicted molar refractivity (Wildman–Crippen MR) is 125 cm³/mol. The third kappa shape index (κ3) is 4.36. The van der Waals surface area contributed by atoms with Crippen molar-refractivity contribution in [1.82, 2.24) is 9.97 Å². The van der Waals surface area contributed by atoms with Gasteiger partial charge in [-0.1, -0.05) is 0 Å². The summed E-state index contributed by atoms with van der Waals surface area (Å²) in [6, 6.07) is 13.5. The average molecular weight is 441 g/mol. The third-order valence-electron chi connectivity index (χ3n) is 6.02. The zero-order valence-corrected chi connectivity index (χ0v) is 18.0. The van der Waals surface area contributed by atoms with E-state index in [2.05, 4.69) is 21.4 Å². The quantitative estimate of drug-likeness (QED) is 0.500. The van der Waals surface area contributed by atoms with Crippen LogP contribution in [0.5, 0.6) is 5.75 Å². The first-order chi connectivity index (χ1) is 16.1. The van der Waals surface area contributed by atoms with Crippen LogP contribution in [0.1, 0.15) is 41.3 Å². The molecule has 1 aliphatic heterocycles. The van der Waals surface area contributed by atoms with Crippen molar-refractivity contribution in [3.05, 3.63) is 71.2 Å². The first-order valence-corrected chi connectivity index (χ1v) is 11.0. The van der Waals surface area contributed by atoms with Crippen LogP contribution >= 0.6 is 0 Å². The number of hydrogen-bond acceptors (Lipinski definition) is 8. The Morgan fingerprint density at radius 2 is 2.09 bits per heavy atom. The molecule has 2 aliphatic rings. The number of hydrogen-bond donors (Lipinski definition) is 3. The molecule has 1 atom stereocenters. The molecule has 0 bridgehead atoms. The smallest absolute Gasteiger partial charge is 0.141 e. The van der Waals surface area contributed by atoms with Gasteiger partial charge in [0.15, 0.2) is 0 Å². The number of nitrogens with one attached hydrogen (secondary N) is 2. The standard InChI is InChI=1S/C25H24N6O2/c26-11-16-8-17-2-1-3-23(25(17)29-13-16)33-21-5-4-18(12-27)22(10-21)30-19-6-7-28-24(9-19)31-14-20(32)15-31/h4-10,12-13,20,23,27,32H,1-3,14-15H2,(H,28,30). The normalized spacial score (nSPS) is 17.5. The highest BCUT2D eigenvalue weighted by Crippen LogP contribution is 2.35. The molecular formula is C25H24N6O2. The van der Waals surface area contributed by atoms with Crippen LogP contribution in [-0.4, -0.2) is 40.5 Å². The molecule has 2 aromatic heterocycles. The van der Waals surface area contributed by atoms with Crippen LogP contribution in [0.25, 0.3) is 0 Å². The number of aliphatic hydroxyl groups is 1. The molecule has 33 heavy (non-hydrogen) atoms. The van der Waals surface area contributed by atoms with Crippen molar-refractivity contribution in [1.29, 1.82) is 10.7 Å². The molecule has 8 nitrogen and oxygen atoms in total. The van der Waals surface area contributed by atoms with Gasteiger partial charge in [0, 0.05) is 55.1 Å². The van der Waals surface area contributed by atoms with E-state index in [9.17, 15) is 5.11 Å². The van der Waals surface area contributed by atoms with E-state index in [1.54, 1.807) is 12.4 Å². The van der Waals surface area contributed by atoms with Gasteiger partial charge in [-0.25, -0.2) is 4.98 Å². The van der Waals surface area contributed by atoms with Crippen LogP contribution in [0.2, 0.25) is 0 Å². The van der Waals surface area contributed by atoms with E-state index in [-0.39, 0.29) is 12.2 Å². The lowest BCUT2D eigenvalue weighted by atomic mass is 9.93. The Balaban J connectivity index is 1.37. The van der Waals surface area contributed by atoms with Crippen LogP contribution in [0.15, 0.2) is 48.8 Å². The highest BCUT2D eigenvalue weighted by molar-refractivity contribution is 5.88. The number of anilines is 3. The van der Waals surface area contributed by atoms with E-state index in [0.717, 1.165) is 53.3 Å². The fraction of sp³-hybridized carbons (Fsp3) is 0.280. The molecule has 5 rings (SSSR count). The van der Waals surface area contributed by atoms with Crippen LogP contribution in [0.4, 0.5) is 17.2 Å². The lowest BCUT2D eigenvalue weighted by molar-refractivity contribution is 0.141. The van der Waals surface area contributed by atoms with E-state index in [1.165, 1.54) is 6.21 Å². The van der Waals surface area contributed by atoms with Crippen LogP contribution in [0.3, 0.4) is 0 Å². The van der Waals surface area contributed by atoms with Crippen molar-refractivity contribution in [2.75, 3.05) is 23.3 Å². The molecule has 8 heteroatoms. The van der Waals surface area contributed by atoms with Crippen molar-refractivity contribution in [2.24, 2.45) is 0 Å². The summed E-state index contributed by atoms with van der Waals surface area (Å²) in [6.45, 7) is 1.16. The number of fused-ring (bicyclic) bond motifs is 1. The molecule has 0 radical (unpaired) electrons. The summed E-state index contributed by atoms with van der Waals surface area (Å²) >= 11 is 0. The third-order valence-corrected chi connectivity index (χ3v) is 6.02. The van der Waals surface area contributed by atoms with Crippen molar-refractivity contribution in [2.45, 2.75) is 31.5 Å². The van der Waals surface area contributed by atoms with E-state index in [1.807, 2.05) is 41.3 Å². The maximum absolute atomic E-state index is 9.56. The molecule has 1 aromatic carbocycles. The lowest BCUT2D eigenvalue weighted by Crippen LogP contribution is -2.51. The molecule has 3 aromatic rings. The fourth-order valence-corrected chi connectivity index (χ4v) is 4.28. The summed E-state index contributed by atoms with van der Waals surface area (Å²) < 4.78 is 6.32. The van der Waals surface area contributed by atoms with E-state index >= 15 is 0 Å². The first kappa shape index (κ1) is 20.9. The van der Waals surface area contributed by atoms with Gasteiger partial charge in [0.05, 0.1) is 23.0 Å². The number of nitriles is 1. The number of benzene rings is 1. The highest BCUT2D eigenvalue weighted by atomic mass is 16.5. The zero-order valence-electron chi connectivity index (χ0n) is 18.0. The molecule has 3 heterocycles. The Bertz CT molecular complexity index is 1230. The largest absolute Gasteiger partial charge is 0.484 e. The number of β-amino-alcohol motifs (C(OH)–C–C–N with tert-alkyl or cyclic N) is 1. The predicted octanol–water partition coefficient (Wildman–Crippen LogP) is 3.73. The van der Waals surface area contributed by atoms with E-state index < -0.39 is 0 Å². The van der Waals surface area contributed by atoms with Crippen molar-refractivity contribution in [3.63, 3.8) is 0 Å². The van der Waals surface area contributed by atoms with Gasteiger partial charge in [0.2, 0.25) is 0 Å². The van der Waals surface area contributed by atoms with Gasteiger partial charge in [0.25, 0.3) is 0 Å². The molecule has 0 amide bonds. The van der Waals surface area contributed by atoms with Crippen LogP contribution in [0, 0.1) is 16.7 Å². The van der Waals surface area contributed by atoms with Crippen molar-refractivity contribution >= 4 is 23.4 Å². The Labute approximate surface area is 192 Å². The summed E-state index contributed by atoms with van der Waals surface area (Å²) in [5.74, 6) is 1.49. The summed E-state index contributed by atoms with van der Waals surface area (Å²) in [5, 5.41) is 29.9. The molecule has 1 saturated heterocycles. The molecule has 166 valence electrons. The fourth-order valence-electron chi connectivity index (χ4n) is 4.28. The number of rotatable bonds is 6. The molecule has 1 unspecified atom stereocenters. The minimum atomic E-state index is -0.298. The van der Waals surface area contributed by atoms with Gasteiger partial charge in [-0.05, 0) is 49.1 Å². The van der Waals surface area contributed by atoms with Gasteiger partial charge < -0.3 is 25.5 Å². The Kier molecular flexibility index (Phi) is 5.63. The SMILES string of the molecule is N#Cc1cnc2c(c1)CCCC2Oc1ccc(C=N)c(Nc2ccnc(N3CC(O)C3)c2)c1. The average Bonchev–Trinajstić information content (AvgIpc) is 2.82. The van der Waals surface area contributed by atoms with Crippen LogP contribution < -0.4 is 15.0 Å². The second-order valence-electron chi connectivity index (χ2n) is 8.36. The highest BCUT2D eigenvalue weighted by Gasteiger charge is 2.26.